The number of carbonyl (C=O) groups is 1. The van der Waals surface area contributed by atoms with Gasteiger partial charge in [-0.2, -0.15) is 0 Å². The normalized spacial score (nSPS) is 19.0. The third kappa shape index (κ3) is 5.64. The molecule has 1 rings (SSSR count). The Morgan fingerprint density at radius 1 is 1.54 bits per heavy atom. The molecule has 0 aromatic carbocycles. The summed E-state index contributed by atoms with van der Waals surface area (Å²) < 4.78 is 4.87. The second-order valence-electron chi connectivity index (χ2n) is 3.35. The molecule has 1 saturated carbocycles. The molecule has 3 nitrogen and oxygen atoms in total. The van der Waals surface area contributed by atoms with E-state index in [0.29, 0.717) is 6.42 Å². The average molecular weight is 190 g/mol. The van der Waals surface area contributed by atoms with Crippen LogP contribution >= 0.6 is 0 Å². The lowest BCUT2D eigenvalue weighted by atomic mass is 10.1. The SMILES string of the molecule is C.C.CC(=O)OC(C)CC1(O)CC1. The van der Waals surface area contributed by atoms with E-state index < -0.39 is 5.60 Å². The summed E-state index contributed by atoms with van der Waals surface area (Å²) in [6.07, 6.45) is 2.11. The van der Waals surface area contributed by atoms with Crippen LogP contribution in [-0.4, -0.2) is 22.8 Å². The van der Waals surface area contributed by atoms with E-state index in [-0.39, 0.29) is 26.9 Å². The van der Waals surface area contributed by atoms with Crippen LogP contribution in [0.15, 0.2) is 0 Å². The summed E-state index contributed by atoms with van der Waals surface area (Å²) in [6, 6.07) is 0. The van der Waals surface area contributed by atoms with Gasteiger partial charge in [-0.05, 0) is 19.8 Å². The molecular formula is C10H22O3. The minimum absolute atomic E-state index is 0. The summed E-state index contributed by atoms with van der Waals surface area (Å²) in [5, 5.41) is 9.42. The molecule has 0 spiro atoms. The largest absolute Gasteiger partial charge is 0.463 e. The fraction of sp³-hybridized carbons (Fsp3) is 0.900. The van der Waals surface area contributed by atoms with E-state index in [0.717, 1.165) is 12.8 Å². The number of hydrogen-bond acceptors (Lipinski definition) is 3. The second-order valence-corrected chi connectivity index (χ2v) is 3.35. The van der Waals surface area contributed by atoms with E-state index in [2.05, 4.69) is 0 Å². The fourth-order valence-electron chi connectivity index (χ4n) is 1.21. The highest BCUT2D eigenvalue weighted by Crippen LogP contribution is 2.39. The standard InChI is InChI=1S/C8H14O3.2CH4/c1-6(11-7(2)9)5-8(10)3-4-8;;/h6,10H,3-5H2,1-2H3;2*1H4. The molecule has 80 valence electrons. The summed E-state index contributed by atoms with van der Waals surface area (Å²) in [6.45, 7) is 3.19. The topological polar surface area (TPSA) is 46.5 Å². The highest BCUT2D eigenvalue weighted by atomic mass is 16.5. The quantitative estimate of drug-likeness (QED) is 0.693. The molecule has 0 radical (unpaired) electrons. The van der Waals surface area contributed by atoms with Gasteiger partial charge in [-0.3, -0.25) is 4.79 Å². The van der Waals surface area contributed by atoms with Gasteiger partial charge in [-0.1, -0.05) is 14.9 Å². The Kier molecular flexibility index (Phi) is 6.00. The van der Waals surface area contributed by atoms with Crippen molar-refractivity contribution in [1.29, 1.82) is 0 Å². The summed E-state index contributed by atoms with van der Waals surface area (Å²) in [4.78, 5) is 10.5. The first kappa shape index (κ1) is 14.9. The summed E-state index contributed by atoms with van der Waals surface area (Å²) in [5.74, 6) is -0.276. The molecule has 1 aliphatic rings. The number of carbonyl (C=O) groups excluding carboxylic acids is 1. The molecule has 0 amide bonds. The molecule has 1 N–H and O–H groups in total. The van der Waals surface area contributed by atoms with E-state index in [1.165, 1.54) is 6.92 Å². The van der Waals surface area contributed by atoms with Crippen LogP contribution in [0.1, 0.15) is 48.0 Å². The smallest absolute Gasteiger partial charge is 0.302 e. The molecule has 1 atom stereocenters. The van der Waals surface area contributed by atoms with Gasteiger partial charge in [0.25, 0.3) is 0 Å². The molecule has 1 unspecified atom stereocenters. The molecule has 0 aliphatic heterocycles. The third-order valence-electron chi connectivity index (χ3n) is 1.86. The Balaban J connectivity index is 0. The first-order valence-corrected chi connectivity index (χ1v) is 3.91. The molecule has 0 aromatic heterocycles. The van der Waals surface area contributed by atoms with Crippen molar-refractivity contribution in [2.24, 2.45) is 0 Å². The molecule has 3 heteroatoms. The van der Waals surface area contributed by atoms with Crippen LogP contribution in [0, 0.1) is 0 Å². The van der Waals surface area contributed by atoms with Gasteiger partial charge in [0.05, 0.1) is 5.60 Å². The highest BCUT2D eigenvalue weighted by molar-refractivity contribution is 5.66. The minimum Gasteiger partial charge on any atom is -0.463 e. The zero-order valence-corrected chi connectivity index (χ0v) is 6.96. The number of hydrogen-bond donors (Lipinski definition) is 1. The van der Waals surface area contributed by atoms with Crippen molar-refractivity contribution in [3.8, 4) is 0 Å². The van der Waals surface area contributed by atoms with E-state index in [1.54, 1.807) is 6.92 Å². The number of ether oxygens (including phenoxy) is 1. The number of esters is 1. The van der Waals surface area contributed by atoms with E-state index >= 15 is 0 Å². The molecule has 1 aliphatic carbocycles. The van der Waals surface area contributed by atoms with Crippen molar-refractivity contribution in [1.82, 2.24) is 0 Å². The van der Waals surface area contributed by atoms with Crippen LogP contribution in [0.2, 0.25) is 0 Å². The van der Waals surface area contributed by atoms with Crippen molar-refractivity contribution in [2.45, 2.75) is 59.7 Å². The minimum atomic E-state index is -0.519. The van der Waals surface area contributed by atoms with Gasteiger partial charge < -0.3 is 9.84 Å². The summed E-state index contributed by atoms with van der Waals surface area (Å²) in [5.41, 5.74) is -0.519. The zero-order valence-electron chi connectivity index (χ0n) is 6.96. The Morgan fingerprint density at radius 2 is 2.00 bits per heavy atom. The Labute approximate surface area is 81.1 Å². The molecule has 1 fully saturated rings. The predicted octanol–water partition coefficient (Wildman–Crippen LogP) is 2.13. The first-order valence-electron chi connectivity index (χ1n) is 3.91. The van der Waals surface area contributed by atoms with E-state index in [1.807, 2.05) is 0 Å². The van der Waals surface area contributed by atoms with Crippen LogP contribution in [0.4, 0.5) is 0 Å². The molecule has 0 saturated heterocycles. The maximum absolute atomic E-state index is 10.5. The van der Waals surface area contributed by atoms with Gasteiger partial charge in [-0.25, -0.2) is 0 Å². The van der Waals surface area contributed by atoms with E-state index in [9.17, 15) is 9.90 Å². The fourth-order valence-corrected chi connectivity index (χ4v) is 1.21. The van der Waals surface area contributed by atoms with Crippen LogP contribution in [0.5, 0.6) is 0 Å². The average Bonchev–Trinajstić information content (AvgIpc) is 2.44. The van der Waals surface area contributed by atoms with Crippen LogP contribution in [0.25, 0.3) is 0 Å². The summed E-state index contributed by atoms with van der Waals surface area (Å²) >= 11 is 0. The van der Waals surface area contributed by atoms with Gasteiger partial charge >= 0.3 is 5.97 Å². The van der Waals surface area contributed by atoms with Crippen molar-refractivity contribution in [2.75, 3.05) is 0 Å². The van der Waals surface area contributed by atoms with Crippen molar-refractivity contribution in [3.63, 3.8) is 0 Å². The molecule has 13 heavy (non-hydrogen) atoms. The van der Waals surface area contributed by atoms with Gasteiger partial charge in [0.2, 0.25) is 0 Å². The lowest BCUT2D eigenvalue weighted by Crippen LogP contribution is -2.20. The monoisotopic (exact) mass is 190 g/mol. The van der Waals surface area contributed by atoms with Crippen molar-refractivity contribution >= 4 is 5.97 Å². The van der Waals surface area contributed by atoms with Gasteiger partial charge in [0, 0.05) is 13.3 Å². The molecule has 0 heterocycles. The van der Waals surface area contributed by atoms with E-state index in [4.69, 9.17) is 4.74 Å². The van der Waals surface area contributed by atoms with Gasteiger partial charge in [-0.15, -0.1) is 0 Å². The second kappa shape index (κ2) is 5.22. The van der Waals surface area contributed by atoms with Crippen LogP contribution in [0.3, 0.4) is 0 Å². The Hall–Kier alpha value is -0.570. The number of aliphatic hydroxyl groups is 1. The van der Waals surface area contributed by atoms with Crippen molar-refractivity contribution in [3.05, 3.63) is 0 Å². The Morgan fingerprint density at radius 3 is 2.31 bits per heavy atom. The van der Waals surface area contributed by atoms with Crippen LogP contribution in [-0.2, 0) is 9.53 Å². The van der Waals surface area contributed by atoms with Gasteiger partial charge in [0.15, 0.2) is 0 Å². The summed E-state index contributed by atoms with van der Waals surface area (Å²) in [7, 11) is 0. The molecular weight excluding hydrogens is 168 g/mol. The third-order valence-corrected chi connectivity index (χ3v) is 1.86. The lowest BCUT2D eigenvalue weighted by molar-refractivity contribution is -0.146. The molecule has 0 aromatic rings. The highest BCUT2D eigenvalue weighted by Gasteiger charge is 2.41. The lowest BCUT2D eigenvalue weighted by Gasteiger charge is -2.14. The molecule has 0 bridgehead atoms. The zero-order chi connectivity index (χ0) is 8.48. The van der Waals surface area contributed by atoms with Crippen LogP contribution < -0.4 is 0 Å². The Bertz CT molecular complexity index is 162. The number of rotatable bonds is 3. The maximum Gasteiger partial charge on any atom is 0.302 e. The maximum atomic E-state index is 10.5. The predicted molar refractivity (Wildman–Crippen MR) is 53.5 cm³/mol. The first-order chi connectivity index (χ1) is 5.02. The van der Waals surface area contributed by atoms with Crippen molar-refractivity contribution < 1.29 is 14.6 Å². The van der Waals surface area contributed by atoms with Gasteiger partial charge in [0.1, 0.15) is 6.10 Å².